The third-order valence-corrected chi connectivity index (χ3v) is 1.38. The number of hydrogen-bond acceptors (Lipinski definition) is 3. The van der Waals surface area contributed by atoms with E-state index < -0.39 is 4.92 Å². The molecular weight excluding hydrogens is 157 g/mol. The van der Waals surface area contributed by atoms with Crippen molar-refractivity contribution in [2.75, 3.05) is 0 Å². The highest BCUT2D eigenvalue weighted by Gasteiger charge is 2.11. The topological polar surface area (TPSA) is 60.2 Å². The van der Waals surface area contributed by atoms with Crippen LogP contribution >= 0.6 is 0 Å². The van der Waals surface area contributed by atoms with Crippen LogP contribution in [0, 0.1) is 10.1 Å². The van der Waals surface area contributed by atoms with Crippen LogP contribution in [0.3, 0.4) is 0 Å². The monoisotopic (exact) mass is 161 g/mol. The Kier molecular flexibility index (Phi) is 2.23. The van der Waals surface area contributed by atoms with Crippen molar-refractivity contribution in [3.8, 4) is 0 Å². The van der Waals surface area contributed by atoms with Gasteiger partial charge in [0.2, 0.25) is 0 Å². The Labute approximate surface area is 69.8 Å². The van der Waals surface area contributed by atoms with E-state index in [-0.39, 0.29) is 16.7 Å². The van der Waals surface area contributed by atoms with Crippen molar-refractivity contribution in [1.82, 2.24) is 0 Å². The highest BCUT2D eigenvalue weighted by molar-refractivity contribution is 6.32. The van der Waals surface area contributed by atoms with E-state index in [9.17, 15) is 14.9 Å². The van der Waals surface area contributed by atoms with E-state index in [1.165, 1.54) is 12.1 Å². The van der Waals surface area contributed by atoms with Crippen molar-refractivity contribution in [2.24, 2.45) is 0 Å². The molecule has 0 fully saturated rings. The number of hydrogen-bond donors (Lipinski definition) is 0. The lowest BCUT2D eigenvalue weighted by Gasteiger charge is -1.96. The maximum atomic E-state index is 10.3. The summed E-state index contributed by atoms with van der Waals surface area (Å²) in [6.07, 6.45) is 0.428. The van der Waals surface area contributed by atoms with Crippen molar-refractivity contribution in [1.29, 1.82) is 0 Å². The molecule has 5 heteroatoms. The molecule has 58 valence electrons. The molecule has 0 N–H and O–H groups in total. The number of nitrogens with zero attached hydrogens (tertiary/aromatic N) is 1. The van der Waals surface area contributed by atoms with Crippen molar-refractivity contribution in [3.63, 3.8) is 0 Å². The van der Waals surface area contributed by atoms with E-state index >= 15 is 0 Å². The van der Waals surface area contributed by atoms with Crippen LogP contribution in [0.15, 0.2) is 18.2 Å². The van der Waals surface area contributed by atoms with E-state index in [2.05, 4.69) is 0 Å². The summed E-state index contributed by atoms with van der Waals surface area (Å²) in [7, 11) is 5.30. The third kappa shape index (κ3) is 1.50. The maximum Gasteiger partial charge on any atom is 0.279 e. The third-order valence-electron chi connectivity index (χ3n) is 1.38. The van der Waals surface area contributed by atoms with Gasteiger partial charge in [-0.05, 0) is 6.07 Å². The second kappa shape index (κ2) is 3.17. The predicted octanol–water partition coefficient (Wildman–Crippen LogP) is 0.201. The molecule has 0 saturated heterocycles. The summed E-state index contributed by atoms with van der Waals surface area (Å²) in [4.78, 5) is 20.0. The molecule has 0 atom stereocenters. The largest absolute Gasteiger partial charge is 0.298 e. The van der Waals surface area contributed by atoms with Crippen molar-refractivity contribution in [2.45, 2.75) is 0 Å². The second-order valence-corrected chi connectivity index (χ2v) is 2.19. The molecule has 0 aliphatic rings. The van der Waals surface area contributed by atoms with Gasteiger partial charge in [0.25, 0.3) is 5.69 Å². The number of nitro benzene ring substituents is 1. The maximum absolute atomic E-state index is 10.3. The number of carbonyl (C=O) groups excluding carboxylic acids is 1. The fraction of sp³-hybridized carbons (Fsp3) is 0. The Morgan fingerprint density at radius 3 is 2.67 bits per heavy atom. The molecule has 0 aliphatic heterocycles. The SMILES string of the molecule is [B]c1ccc(C=O)c([N+](=O)[O-])c1. The average molecular weight is 161 g/mol. The minimum Gasteiger partial charge on any atom is -0.298 e. The zero-order valence-electron chi connectivity index (χ0n) is 6.06. The summed E-state index contributed by atoms with van der Waals surface area (Å²) >= 11 is 0. The van der Waals surface area contributed by atoms with Crippen LogP contribution in [0.4, 0.5) is 5.69 Å². The van der Waals surface area contributed by atoms with Gasteiger partial charge in [0, 0.05) is 6.07 Å². The standard InChI is InChI=1S/C7H4BNO3/c8-6-2-1-5(4-10)7(3-6)9(11)12/h1-4H. The Balaban J connectivity index is 3.30. The van der Waals surface area contributed by atoms with Gasteiger partial charge in [-0.3, -0.25) is 14.9 Å². The van der Waals surface area contributed by atoms with E-state index in [1.54, 1.807) is 0 Å². The quantitative estimate of drug-likeness (QED) is 0.269. The Bertz CT molecular complexity index is 337. The molecule has 0 unspecified atom stereocenters. The van der Waals surface area contributed by atoms with Crippen molar-refractivity contribution < 1.29 is 9.72 Å². The molecule has 12 heavy (non-hydrogen) atoms. The molecule has 1 rings (SSSR count). The first-order chi connectivity index (χ1) is 5.65. The van der Waals surface area contributed by atoms with Crippen LogP contribution in [0.25, 0.3) is 0 Å². The Hall–Kier alpha value is -1.65. The van der Waals surface area contributed by atoms with Crippen LogP contribution in [0.2, 0.25) is 0 Å². The number of rotatable bonds is 2. The number of nitro groups is 1. The number of carbonyl (C=O) groups is 1. The molecule has 1 aromatic carbocycles. The van der Waals surface area contributed by atoms with Crippen molar-refractivity contribution in [3.05, 3.63) is 33.9 Å². The van der Waals surface area contributed by atoms with E-state index in [1.807, 2.05) is 0 Å². The molecule has 4 nitrogen and oxygen atoms in total. The lowest BCUT2D eigenvalue weighted by Crippen LogP contribution is -2.05. The molecule has 0 bridgehead atoms. The van der Waals surface area contributed by atoms with Crippen LogP contribution in [0.1, 0.15) is 10.4 Å². The average Bonchev–Trinajstić information content (AvgIpc) is 2.04. The van der Waals surface area contributed by atoms with Gasteiger partial charge in [-0.2, -0.15) is 0 Å². The molecule has 1 aromatic rings. The normalized spacial score (nSPS) is 9.33. The molecular formula is C7H4BNO3. The summed E-state index contributed by atoms with van der Waals surface area (Å²) in [6.45, 7) is 0. The lowest BCUT2D eigenvalue weighted by molar-refractivity contribution is -0.385. The van der Waals surface area contributed by atoms with Gasteiger partial charge in [-0.15, -0.1) is 0 Å². The Morgan fingerprint density at radius 1 is 1.50 bits per heavy atom. The molecule has 0 spiro atoms. The summed E-state index contributed by atoms with van der Waals surface area (Å²) in [5, 5.41) is 10.3. The second-order valence-electron chi connectivity index (χ2n) is 2.19. The molecule has 0 aromatic heterocycles. The van der Waals surface area contributed by atoms with Crippen molar-refractivity contribution >= 4 is 25.3 Å². The first-order valence-electron chi connectivity index (χ1n) is 3.14. The fourth-order valence-corrected chi connectivity index (χ4v) is 0.818. The summed E-state index contributed by atoms with van der Waals surface area (Å²) in [5.41, 5.74) is 0.0477. The van der Waals surface area contributed by atoms with Crippen LogP contribution < -0.4 is 5.46 Å². The van der Waals surface area contributed by atoms with Gasteiger partial charge in [0.15, 0.2) is 6.29 Å². The number of benzene rings is 1. The fourth-order valence-electron chi connectivity index (χ4n) is 0.818. The zero-order valence-corrected chi connectivity index (χ0v) is 6.06. The molecule has 0 heterocycles. The van der Waals surface area contributed by atoms with Gasteiger partial charge in [0.05, 0.1) is 10.5 Å². The molecule has 0 saturated carbocycles. The zero-order chi connectivity index (χ0) is 9.14. The minimum absolute atomic E-state index is 0.0363. The van der Waals surface area contributed by atoms with E-state index in [4.69, 9.17) is 7.85 Å². The predicted molar refractivity (Wildman–Crippen MR) is 43.9 cm³/mol. The Morgan fingerprint density at radius 2 is 2.17 bits per heavy atom. The van der Waals surface area contributed by atoms with Gasteiger partial charge < -0.3 is 0 Å². The van der Waals surface area contributed by atoms with Crippen LogP contribution in [-0.4, -0.2) is 19.1 Å². The number of aldehydes is 1. The molecule has 0 amide bonds. The first kappa shape index (κ1) is 8.45. The summed E-state index contributed by atoms with van der Waals surface area (Å²) in [5.74, 6) is 0. The highest BCUT2D eigenvalue weighted by atomic mass is 16.6. The summed E-state index contributed by atoms with van der Waals surface area (Å²) < 4.78 is 0. The van der Waals surface area contributed by atoms with E-state index in [0.717, 1.165) is 6.07 Å². The van der Waals surface area contributed by atoms with Gasteiger partial charge in [0.1, 0.15) is 7.85 Å². The highest BCUT2D eigenvalue weighted by Crippen LogP contribution is 2.13. The first-order valence-corrected chi connectivity index (χ1v) is 3.14. The van der Waals surface area contributed by atoms with Gasteiger partial charge >= 0.3 is 0 Å². The van der Waals surface area contributed by atoms with Crippen LogP contribution in [0.5, 0.6) is 0 Å². The molecule has 0 aliphatic carbocycles. The lowest BCUT2D eigenvalue weighted by atomic mass is 9.94. The smallest absolute Gasteiger partial charge is 0.279 e. The minimum atomic E-state index is -0.639. The molecule has 2 radical (unpaired) electrons. The van der Waals surface area contributed by atoms with E-state index in [0.29, 0.717) is 6.29 Å². The van der Waals surface area contributed by atoms with Crippen LogP contribution in [-0.2, 0) is 0 Å². The summed E-state index contributed by atoms with van der Waals surface area (Å²) in [6, 6.07) is 3.92. The van der Waals surface area contributed by atoms with Gasteiger partial charge in [-0.1, -0.05) is 11.5 Å². The van der Waals surface area contributed by atoms with Gasteiger partial charge in [-0.25, -0.2) is 0 Å².